The van der Waals surface area contributed by atoms with E-state index in [1.165, 1.54) is 17.7 Å². The first-order valence-electron chi connectivity index (χ1n) is 7.47. The Hall–Kier alpha value is -2.87. The largest absolute Gasteiger partial charge is 0.352 e. The molecule has 0 spiro atoms. The van der Waals surface area contributed by atoms with E-state index < -0.39 is 0 Å². The molecular weight excluding hydrogens is 291 g/mol. The predicted molar refractivity (Wildman–Crippen MR) is 88.8 cm³/mol. The van der Waals surface area contributed by atoms with Gasteiger partial charge in [-0.25, -0.2) is 4.39 Å². The number of rotatable bonds is 2. The van der Waals surface area contributed by atoms with Crippen molar-refractivity contribution in [3.05, 3.63) is 65.0 Å². The lowest BCUT2D eigenvalue weighted by Gasteiger charge is -2.22. The van der Waals surface area contributed by atoms with Gasteiger partial charge in [-0.2, -0.15) is 5.26 Å². The summed E-state index contributed by atoms with van der Waals surface area (Å²) in [7, 11) is 1.71. The summed E-state index contributed by atoms with van der Waals surface area (Å²) >= 11 is 0. The van der Waals surface area contributed by atoms with Crippen molar-refractivity contribution < 1.29 is 4.39 Å². The van der Waals surface area contributed by atoms with Gasteiger partial charge >= 0.3 is 0 Å². The maximum absolute atomic E-state index is 13.9. The van der Waals surface area contributed by atoms with Crippen LogP contribution in [0, 0.1) is 17.1 Å². The number of nitrogens with one attached hydrogen (secondary N) is 1. The number of hydrogen-bond donors (Lipinski definition) is 1. The average molecular weight is 308 g/mol. The number of aliphatic imine (C=N–C) groups is 1. The van der Waals surface area contributed by atoms with Gasteiger partial charge in [-0.1, -0.05) is 18.2 Å². The van der Waals surface area contributed by atoms with Gasteiger partial charge in [0.25, 0.3) is 0 Å². The fourth-order valence-corrected chi connectivity index (χ4v) is 2.81. The summed E-state index contributed by atoms with van der Waals surface area (Å²) in [5.41, 5.74) is 3.32. The van der Waals surface area contributed by atoms with Crippen LogP contribution in [-0.2, 0) is 13.0 Å². The number of benzene rings is 2. The first kappa shape index (κ1) is 15.0. The minimum atomic E-state index is -0.325. The van der Waals surface area contributed by atoms with Crippen molar-refractivity contribution in [1.29, 1.82) is 5.26 Å². The van der Waals surface area contributed by atoms with E-state index in [1.54, 1.807) is 13.1 Å². The van der Waals surface area contributed by atoms with Gasteiger partial charge in [-0.15, -0.1) is 0 Å². The number of hydrogen-bond acceptors (Lipinski definition) is 2. The van der Waals surface area contributed by atoms with E-state index in [0.29, 0.717) is 17.1 Å². The summed E-state index contributed by atoms with van der Waals surface area (Å²) in [4.78, 5) is 6.40. The second-order valence-electron chi connectivity index (χ2n) is 5.35. The van der Waals surface area contributed by atoms with Gasteiger partial charge in [0.1, 0.15) is 5.82 Å². The van der Waals surface area contributed by atoms with Crippen LogP contribution >= 0.6 is 0 Å². The Morgan fingerprint density at radius 1 is 1.35 bits per heavy atom. The number of fused-ring (bicyclic) bond motifs is 1. The molecule has 0 fully saturated rings. The third-order valence-electron chi connectivity index (χ3n) is 3.97. The van der Waals surface area contributed by atoms with Crippen LogP contribution < -0.4 is 10.2 Å². The van der Waals surface area contributed by atoms with Gasteiger partial charge in [0, 0.05) is 31.4 Å². The zero-order valence-corrected chi connectivity index (χ0v) is 12.9. The van der Waals surface area contributed by atoms with Crippen LogP contribution in [0.4, 0.5) is 10.1 Å². The Kier molecular flexibility index (Phi) is 4.24. The topological polar surface area (TPSA) is 51.4 Å². The van der Waals surface area contributed by atoms with Crippen molar-refractivity contribution in [2.75, 3.05) is 18.5 Å². The molecule has 0 amide bonds. The highest BCUT2D eigenvalue weighted by Crippen LogP contribution is 2.27. The molecule has 2 aromatic carbocycles. The Morgan fingerprint density at radius 3 is 2.96 bits per heavy atom. The van der Waals surface area contributed by atoms with Gasteiger partial charge < -0.3 is 10.2 Å². The van der Waals surface area contributed by atoms with E-state index in [0.717, 1.165) is 18.7 Å². The van der Waals surface area contributed by atoms with Crippen LogP contribution in [0.1, 0.15) is 16.7 Å². The highest BCUT2D eigenvalue weighted by molar-refractivity contribution is 5.97. The van der Waals surface area contributed by atoms with Crippen molar-refractivity contribution in [3.8, 4) is 6.07 Å². The molecule has 1 aliphatic heterocycles. The highest BCUT2D eigenvalue weighted by Gasteiger charge is 2.22. The van der Waals surface area contributed by atoms with Gasteiger partial charge in [0.15, 0.2) is 5.96 Å². The number of guanidine groups is 1. The van der Waals surface area contributed by atoms with Crippen molar-refractivity contribution >= 4 is 11.6 Å². The van der Waals surface area contributed by atoms with Crippen molar-refractivity contribution in [1.82, 2.24) is 5.32 Å². The summed E-state index contributed by atoms with van der Waals surface area (Å²) in [5, 5.41) is 12.1. The predicted octanol–water partition coefficient (Wildman–Crippen LogP) is 2.84. The summed E-state index contributed by atoms with van der Waals surface area (Å²) < 4.78 is 13.9. The average Bonchev–Trinajstić information content (AvgIpc) is 3.01. The zero-order valence-electron chi connectivity index (χ0n) is 12.9. The van der Waals surface area contributed by atoms with Gasteiger partial charge in [-0.05, 0) is 36.2 Å². The van der Waals surface area contributed by atoms with Crippen LogP contribution in [-0.4, -0.2) is 19.6 Å². The zero-order chi connectivity index (χ0) is 16.2. The van der Waals surface area contributed by atoms with Gasteiger partial charge in [0.2, 0.25) is 0 Å². The minimum Gasteiger partial charge on any atom is -0.352 e. The lowest BCUT2D eigenvalue weighted by molar-refractivity contribution is 0.605. The smallest absolute Gasteiger partial charge is 0.198 e. The molecular formula is C18H17FN4. The summed E-state index contributed by atoms with van der Waals surface area (Å²) in [6.45, 7) is 1.13. The molecule has 2 aromatic rings. The molecule has 0 aliphatic carbocycles. The molecule has 0 aromatic heterocycles. The molecule has 23 heavy (non-hydrogen) atoms. The van der Waals surface area contributed by atoms with E-state index in [4.69, 9.17) is 5.26 Å². The molecule has 3 rings (SSSR count). The van der Waals surface area contributed by atoms with Gasteiger partial charge in [-0.3, -0.25) is 4.99 Å². The Bertz CT molecular complexity index is 792. The van der Waals surface area contributed by atoms with E-state index in [-0.39, 0.29) is 12.4 Å². The Balaban J connectivity index is 1.76. The molecule has 1 aliphatic rings. The minimum absolute atomic E-state index is 0.284. The molecule has 4 nitrogen and oxygen atoms in total. The van der Waals surface area contributed by atoms with Crippen molar-refractivity contribution in [3.63, 3.8) is 0 Å². The quantitative estimate of drug-likeness (QED) is 0.685. The molecule has 0 bridgehead atoms. The molecule has 0 radical (unpaired) electrons. The standard InChI is InChI=1S/C18H17FN4/c1-21-18(23-9-8-14-4-2-3-5-17(14)23)22-12-15-10-13(11-20)6-7-16(15)19/h2-7,10H,8-9,12H2,1H3,(H,21,22). The van der Waals surface area contributed by atoms with E-state index >= 15 is 0 Å². The number of nitriles is 1. The number of halogens is 1. The molecule has 0 unspecified atom stereocenters. The molecule has 1 heterocycles. The first-order valence-corrected chi connectivity index (χ1v) is 7.47. The van der Waals surface area contributed by atoms with Crippen LogP contribution in [0.25, 0.3) is 0 Å². The third-order valence-corrected chi connectivity index (χ3v) is 3.97. The molecule has 1 N–H and O–H groups in total. The SMILES string of the molecule is CN=C(NCc1cc(C#N)ccc1F)N1CCc2ccccc21. The van der Waals surface area contributed by atoms with Crippen LogP contribution in [0.15, 0.2) is 47.5 Å². The first-order chi connectivity index (χ1) is 11.2. The molecule has 5 heteroatoms. The summed E-state index contributed by atoms with van der Waals surface area (Å²) in [5.74, 6) is 0.380. The maximum atomic E-state index is 13.9. The summed E-state index contributed by atoms with van der Waals surface area (Å²) in [6.07, 6.45) is 0.967. The molecule has 0 atom stereocenters. The maximum Gasteiger partial charge on any atom is 0.198 e. The van der Waals surface area contributed by atoms with Crippen LogP contribution in [0.3, 0.4) is 0 Å². The van der Waals surface area contributed by atoms with Crippen LogP contribution in [0.2, 0.25) is 0 Å². The fraction of sp³-hybridized carbons (Fsp3) is 0.222. The van der Waals surface area contributed by atoms with E-state index in [1.807, 2.05) is 18.2 Å². The molecule has 0 saturated carbocycles. The van der Waals surface area contributed by atoms with Crippen molar-refractivity contribution in [2.45, 2.75) is 13.0 Å². The van der Waals surface area contributed by atoms with Crippen molar-refractivity contribution in [2.24, 2.45) is 4.99 Å². The molecule has 0 saturated heterocycles. The summed E-state index contributed by atoms with van der Waals surface area (Å²) in [6, 6.07) is 14.6. The number of anilines is 1. The Morgan fingerprint density at radius 2 is 2.17 bits per heavy atom. The monoisotopic (exact) mass is 308 g/mol. The second kappa shape index (κ2) is 6.49. The Labute approximate surface area is 134 Å². The number of nitrogens with zero attached hydrogens (tertiary/aromatic N) is 3. The fourth-order valence-electron chi connectivity index (χ4n) is 2.81. The number of para-hydroxylation sites is 1. The lowest BCUT2D eigenvalue weighted by Crippen LogP contribution is -2.40. The van der Waals surface area contributed by atoms with E-state index in [2.05, 4.69) is 27.3 Å². The second-order valence-corrected chi connectivity index (χ2v) is 5.35. The molecule has 116 valence electrons. The third kappa shape index (κ3) is 3.02. The van der Waals surface area contributed by atoms with E-state index in [9.17, 15) is 4.39 Å². The lowest BCUT2D eigenvalue weighted by atomic mass is 10.1. The normalized spacial score (nSPS) is 13.6. The van der Waals surface area contributed by atoms with Crippen LogP contribution in [0.5, 0.6) is 0 Å². The van der Waals surface area contributed by atoms with Gasteiger partial charge in [0.05, 0.1) is 11.6 Å². The highest BCUT2D eigenvalue weighted by atomic mass is 19.1.